The molecule has 4 atom stereocenters. The number of β-amino-alcohol motifs (C(OH)–C–C–N with tert-alkyl or cyclic N) is 1. The Morgan fingerprint density at radius 1 is 1.24 bits per heavy atom. The Morgan fingerprint density at radius 3 is 2.76 bits per heavy atom. The summed E-state index contributed by atoms with van der Waals surface area (Å²) in [4.78, 5) is 21.9. The third-order valence-corrected chi connectivity index (χ3v) is 6.11. The largest absolute Gasteiger partial charge is 0.480 e. The van der Waals surface area contributed by atoms with Crippen LogP contribution in [0.15, 0.2) is 18.2 Å². The number of nitrogens with zero attached hydrogens (tertiary/aromatic N) is 3. The van der Waals surface area contributed by atoms with Gasteiger partial charge in [0.1, 0.15) is 0 Å². The van der Waals surface area contributed by atoms with Crippen molar-refractivity contribution < 1.29 is 24.6 Å². The van der Waals surface area contributed by atoms with E-state index in [1.54, 1.807) is 0 Å². The zero-order valence-electron chi connectivity index (χ0n) is 20.2. The number of morpholine rings is 1. The van der Waals surface area contributed by atoms with Crippen LogP contribution in [0.1, 0.15) is 38.3 Å². The van der Waals surface area contributed by atoms with Crippen LogP contribution in [0.5, 0.6) is 5.75 Å². The van der Waals surface area contributed by atoms with E-state index in [2.05, 4.69) is 35.0 Å². The van der Waals surface area contributed by atoms with E-state index in [9.17, 15) is 9.90 Å². The number of hydrogen-bond donors (Lipinski definition) is 3. The number of carboxylic acids is 1. The number of likely N-dealkylation sites (N-methyl/N-ethyl adjacent to an activating group) is 1. The van der Waals surface area contributed by atoms with Crippen molar-refractivity contribution in [2.75, 3.05) is 52.4 Å². The first-order valence-corrected chi connectivity index (χ1v) is 12.1. The fourth-order valence-electron chi connectivity index (χ4n) is 4.51. The van der Waals surface area contributed by atoms with Gasteiger partial charge < -0.3 is 25.1 Å². The molecular formula is C24H40N4O5. The maximum atomic E-state index is 10.8. The van der Waals surface area contributed by atoms with Crippen LogP contribution in [0.25, 0.3) is 0 Å². The summed E-state index contributed by atoms with van der Waals surface area (Å²) in [5.74, 6) is -0.0287. The number of aliphatic hydroxyl groups excluding tert-OH is 1. The van der Waals surface area contributed by atoms with Crippen molar-refractivity contribution >= 4 is 5.97 Å². The summed E-state index contributed by atoms with van der Waals surface area (Å²) in [7, 11) is 0. The summed E-state index contributed by atoms with van der Waals surface area (Å²) in [6.45, 7) is 12.8. The molecule has 9 nitrogen and oxygen atoms in total. The van der Waals surface area contributed by atoms with Gasteiger partial charge in [0.25, 0.3) is 0 Å². The molecule has 3 N–H and O–H groups in total. The monoisotopic (exact) mass is 464 g/mol. The summed E-state index contributed by atoms with van der Waals surface area (Å²) >= 11 is 0. The second kappa shape index (κ2) is 12.6. The zero-order chi connectivity index (χ0) is 23.8. The van der Waals surface area contributed by atoms with Gasteiger partial charge in [-0.1, -0.05) is 13.0 Å². The fourth-order valence-corrected chi connectivity index (χ4v) is 4.51. The lowest BCUT2D eigenvalue weighted by atomic mass is 10.1. The molecule has 1 saturated heterocycles. The molecule has 0 amide bonds. The molecule has 186 valence electrons. The highest BCUT2D eigenvalue weighted by Gasteiger charge is 2.28. The van der Waals surface area contributed by atoms with E-state index in [4.69, 9.17) is 14.7 Å². The first-order valence-electron chi connectivity index (χ1n) is 12.1. The molecule has 2 bridgehead atoms. The summed E-state index contributed by atoms with van der Waals surface area (Å²) in [5, 5.41) is 23.9. The lowest BCUT2D eigenvalue weighted by Crippen LogP contribution is -2.49. The molecule has 1 fully saturated rings. The molecule has 0 radical (unpaired) electrons. The number of carboxylic acid groups (broad SMARTS) is 1. The van der Waals surface area contributed by atoms with Crippen molar-refractivity contribution in [3.8, 4) is 5.75 Å². The van der Waals surface area contributed by atoms with E-state index in [0.717, 1.165) is 56.0 Å². The minimum atomic E-state index is -0.865. The van der Waals surface area contributed by atoms with Crippen LogP contribution < -0.4 is 10.2 Å². The molecule has 2 aliphatic heterocycles. The van der Waals surface area contributed by atoms with Gasteiger partial charge in [-0.15, -0.1) is 5.06 Å². The number of fused-ring (bicyclic) bond motifs is 3. The predicted octanol–water partition coefficient (Wildman–Crippen LogP) is 1.15. The Kier molecular flexibility index (Phi) is 9.91. The predicted molar refractivity (Wildman–Crippen MR) is 126 cm³/mol. The highest BCUT2D eigenvalue weighted by molar-refractivity contribution is 5.69. The van der Waals surface area contributed by atoms with Gasteiger partial charge >= 0.3 is 5.97 Å². The third kappa shape index (κ3) is 8.51. The van der Waals surface area contributed by atoms with Crippen molar-refractivity contribution in [1.29, 1.82) is 0 Å². The van der Waals surface area contributed by atoms with Gasteiger partial charge in [0.05, 0.1) is 37.9 Å². The number of carbonyl (C=O) groups is 1. The maximum absolute atomic E-state index is 10.8. The third-order valence-electron chi connectivity index (χ3n) is 6.11. The Balaban J connectivity index is 1.83. The van der Waals surface area contributed by atoms with E-state index in [1.165, 1.54) is 0 Å². The van der Waals surface area contributed by atoms with Crippen LogP contribution in [-0.2, 0) is 22.6 Å². The van der Waals surface area contributed by atoms with Gasteiger partial charge in [0, 0.05) is 44.8 Å². The molecule has 2 aliphatic rings. The minimum absolute atomic E-state index is 0.0686. The molecule has 9 heteroatoms. The molecule has 0 saturated carbocycles. The first kappa shape index (κ1) is 25.9. The molecule has 0 aromatic heterocycles. The quantitative estimate of drug-likeness (QED) is 0.549. The van der Waals surface area contributed by atoms with Crippen molar-refractivity contribution in [3.05, 3.63) is 29.3 Å². The van der Waals surface area contributed by atoms with Crippen molar-refractivity contribution in [1.82, 2.24) is 20.2 Å². The van der Waals surface area contributed by atoms with E-state index >= 15 is 0 Å². The van der Waals surface area contributed by atoms with Gasteiger partial charge in [-0.05, 0) is 44.5 Å². The molecular weight excluding hydrogens is 424 g/mol. The molecule has 2 heterocycles. The molecule has 33 heavy (non-hydrogen) atoms. The highest BCUT2D eigenvalue weighted by atomic mass is 16.7. The fraction of sp³-hybridized carbons (Fsp3) is 0.708. The molecule has 1 aromatic rings. The number of rotatable bonds is 7. The maximum Gasteiger partial charge on any atom is 0.317 e. The van der Waals surface area contributed by atoms with Crippen LogP contribution in [0, 0.1) is 0 Å². The summed E-state index contributed by atoms with van der Waals surface area (Å²) in [5.41, 5.74) is 2.12. The second-order valence-corrected chi connectivity index (χ2v) is 9.25. The topological polar surface area (TPSA) is 97.7 Å². The van der Waals surface area contributed by atoms with Crippen molar-refractivity contribution in [3.63, 3.8) is 0 Å². The van der Waals surface area contributed by atoms with Gasteiger partial charge in [0.15, 0.2) is 5.75 Å². The highest BCUT2D eigenvalue weighted by Crippen LogP contribution is 2.25. The Morgan fingerprint density at radius 2 is 2.03 bits per heavy atom. The lowest BCUT2D eigenvalue weighted by Gasteiger charge is -2.37. The van der Waals surface area contributed by atoms with Crippen LogP contribution in [0.2, 0.25) is 0 Å². The number of nitrogens with one attached hydrogen (secondary N) is 1. The van der Waals surface area contributed by atoms with Gasteiger partial charge in [-0.2, -0.15) is 0 Å². The van der Waals surface area contributed by atoms with Crippen molar-refractivity contribution in [2.24, 2.45) is 0 Å². The SMILES string of the molecule is CCN1CCN(C[C@H](C)O)CCC2CN(C[C@H](C)O2)Oc2ccc(CNCC(=O)O)cc2C1. The number of aliphatic hydroxyl groups is 1. The van der Waals surface area contributed by atoms with Crippen LogP contribution in [0.3, 0.4) is 0 Å². The van der Waals surface area contributed by atoms with E-state index in [0.29, 0.717) is 26.2 Å². The summed E-state index contributed by atoms with van der Waals surface area (Å²) in [6.07, 6.45) is 0.679. The van der Waals surface area contributed by atoms with Gasteiger partial charge in [-0.3, -0.25) is 14.6 Å². The average Bonchev–Trinajstić information content (AvgIpc) is 2.75. The average molecular weight is 465 g/mol. The smallest absolute Gasteiger partial charge is 0.317 e. The van der Waals surface area contributed by atoms with Crippen LogP contribution in [-0.4, -0.2) is 102 Å². The van der Waals surface area contributed by atoms with E-state index in [1.807, 2.05) is 24.1 Å². The number of hydroxylamine groups is 2. The Labute approximate surface area is 197 Å². The summed E-state index contributed by atoms with van der Waals surface area (Å²) < 4.78 is 6.18. The van der Waals surface area contributed by atoms with Crippen LogP contribution in [0.4, 0.5) is 0 Å². The zero-order valence-corrected chi connectivity index (χ0v) is 20.2. The number of benzene rings is 1. The van der Waals surface area contributed by atoms with Crippen molar-refractivity contribution in [2.45, 2.75) is 58.6 Å². The summed E-state index contributed by atoms with van der Waals surface area (Å²) in [6, 6.07) is 6.10. The normalized spacial score (nSPS) is 26.2. The van der Waals surface area contributed by atoms with Gasteiger partial charge in [-0.25, -0.2) is 0 Å². The standard InChI is InChI=1S/C24H40N4O5/c1-4-26-9-10-27(14-18(2)29)8-7-22-17-28(15-19(3)32-22)33-23-6-5-20(11-21(23)16-26)12-25-13-24(30)31/h5-6,11,18-19,22,25,29H,4,7-10,12-17H2,1-3H3,(H,30,31)/t18-,19-,22?/m0/s1. The first-order chi connectivity index (χ1) is 15.8. The number of hydrogen-bond acceptors (Lipinski definition) is 8. The number of aliphatic carboxylic acids is 1. The van der Waals surface area contributed by atoms with Gasteiger partial charge in [0.2, 0.25) is 0 Å². The lowest BCUT2D eigenvalue weighted by molar-refractivity contribution is -0.176. The molecule has 2 unspecified atom stereocenters. The molecule has 3 rings (SSSR count). The minimum Gasteiger partial charge on any atom is -0.480 e. The molecule has 1 aromatic carbocycles. The molecule has 0 spiro atoms. The number of ether oxygens (including phenoxy) is 1. The van der Waals surface area contributed by atoms with E-state index in [-0.39, 0.29) is 24.9 Å². The van der Waals surface area contributed by atoms with E-state index < -0.39 is 5.97 Å². The van der Waals surface area contributed by atoms with Crippen LogP contribution >= 0.6 is 0 Å². The molecule has 0 aliphatic carbocycles. The Hall–Kier alpha value is -1.75. The second-order valence-electron chi connectivity index (χ2n) is 9.25. The Bertz CT molecular complexity index is 762.